The van der Waals surface area contributed by atoms with E-state index in [1.807, 2.05) is 12.1 Å². The summed E-state index contributed by atoms with van der Waals surface area (Å²) in [4.78, 5) is 3.39. The standard InChI is InChI=1S/C16H16N2O/c1-11-5-6-15-14(8-11)16(9-12(2)18-15)17-10-13-4-3-7-19-13/h3-9H,10H2,1-2H3,(H,17,18)/p+1. The Morgan fingerprint density at radius 3 is 2.84 bits per heavy atom. The highest BCUT2D eigenvalue weighted by atomic mass is 16.3. The number of furan rings is 1. The van der Waals surface area contributed by atoms with Crippen molar-refractivity contribution in [3.63, 3.8) is 0 Å². The lowest BCUT2D eigenvalue weighted by Crippen LogP contribution is -2.11. The van der Waals surface area contributed by atoms with Gasteiger partial charge in [-0.25, -0.2) is 4.98 Å². The van der Waals surface area contributed by atoms with E-state index in [2.05, 4.69) is 48.4 Å². The first-order chi connectivity index (χ1) is 9.22. The molecule has 0 fully saturated rings. The van der Waals surface area contributed by atoms with Crippen molar-refractivity contribution in [2.45, 2.75) is 20.4 Å². The van der Waals surface area contributed by atoms with Gasteiger partial charge in [0, 0.05) is 19.1 Å². The van der Waals surface area contributed by atoms with Crippen LogP contribution in [0.4, 0.5) is 5.69 Å². The third-order valence-electron chi connectivity index (χ3n) is 3.19. The number of pyridine rings is 1. The van der Waals surface area contributed by atoms with E-state index in [-0.39, 0.29) is 0 Å². The van der Waals surface area contributed by atoms with Crippen molar-refractivity contribution in [1.82, 2.24) is 0 Å². The molecule has 3 heteroatoms. The number of aromatic nitrogens is 1. The topological polar surface area (TPSA) is 39.3 Å². The van der Waals surface area contributed by atoms with E-state index >= 15 is 0 Å². The first kappa shape index (κ1) is 11.8. The van der Waals surface area contributed by atoms with Crippen LogP contribution in [0.25, 0.3) is 10.9 Å². The zero-order valence-corrected chi connectivity index (χ0v) is 11.2. The Morgan fingerprint density at radius 1 is 1.16 bits per heavy atom. The van der Waals surface area contributed by atoms with Gasteiger partial charge in [0.1, 0.15) is 5.76 Å². The highest BCUT2D eigenvalue weighted by Gasteiger charge is 2.09. The molecule has 0 amide bonds. The molecule has 0 saturated carbocycles. The zero-order chi connectivity index (χ0) is 13.2. The number of nitrogens with one attached hydrogen (secondary N) is 2. The molecule has 2 N–H and O–H groups in total. The van der Waals surface area contributed by atoms with Gasteiger partial charge in [-0.1, -0.05) is 6.07 Å². The van der Waals surface area contributed by atoms with E-state index in [4.69, 9.17) is 4.42 Å². The molecule has 0 unspecified atom stereocenters. The zero-order valence-electron chi connectivity index (χ0n) is 11.2. The van der Waals surface area contributed by atoms with Gasteiger partial charge in [-0.2, -0.15) is 0 Å². The van der Waals surface area contributed by atoms with Crippen molar-refractivity contribution in [2.24, 2.45) is 0 Å². The number of hydrogen-bond acceptors (Lipinski definition) is 2. The SMILES string of the molecule is Cc1ccc2[nH+]c(C)cc(NCc3ccco3)c2c1. The molecule has 19 heavy (non-hydrogen) atoms. The fraction of sp³-hybridized carbons (Fsp3) is 0.188. The molecule has 3 rings (SSSR count). The van der Waals surface area contributed by atoms with Crippen LogP contribution in [0.1, 0.15) is 17.0 Å². The van der Waals surface area contributed by atoms with E-state index < -0.39 is 0 Å². The summed E-state index contributed by atoms with van der Waals surface area (Å²) in [6.07, 6.45) is 1.70. The molecule has 0 radical (unpaired) electrons. The fourth-order valence-electron chi connectivity index (χ4n) is 2.27. The quantitative estimate of drug-likeness (QED) is 0.776. The smallest absolute Gasteiger partial charge is 0.213 e. The summed E-state index contributed by atoms with van der Waals surface area (Å²) in [5, 5.41) is 4.65. The minimum Gasteiger partial charge on any atom is -0.467 e. The number of aryl methyl sites for hydroxylation is 2. The van der Waals surface area contributed by atoms with Crippen molar-refractivity contribution in [3.05, 3.63) is 59.7 Å². The summed E-state index contributed by atoms with van der Waals surface area (Å²) < 4.78 is 5.35. The molecule has 0 bridgehead atoms. The summed E-state index contributed by atoms with van der Waals surface area (Å²) in [6.45, 7) is 4.87. The average molecular weight is 253 g/mol. The Hall–Kier alpha value is -2.29. The number of aromatic amines is 1. The number of fused-ring (bicyclic) bond motifs is 1. The van der Waals surface area contributed by atoms with E-state index in [0.717, 1.165) is 22.7 Å². The normalized spacial score (nSPS) is 10.8. The van der Waals surface area contributed by atoms with Crippen LogP contribution in [0.3, 0.4) is 0 Å². The Kier molecular flexibility index (Phi) is 2.95. The Morgan fingerprint density at radius 2 is 2.05 bits per heavy atom. The summed E-state index contributed by atoms with van der Waals surface area (Å²) in [7, 11) is 0. The van der Waals surface area contributed by atoms with Gasteiger partial charge < -0.3 is 9.73 Å². The highest BCUT2D eigenvalue weighted by molar-refractivity contribution is 5.89. The second-order valence-corrected chi connectivity index (χ2v) is 4.85. The van der Waals surface area contributed by atoms with Crippen LogP contribution in [0.15, 0.2) is 47.1 Å². The second-order valence-electron chi connectivity index (χ2n) is 4.85. The average Bonchev–Trinajstić information content (AvgIpc) is 2.89. The largest absolute Gasteiger partial charge is 0.467 e. The molecule has 2 aromatic heterocycles. The van der Waals surface area contributed by atoms with Gasteiger partial charge in [-0.05, 0) is 30.7 Å². The van der Waals surface area contributed by atoms with Crippen molar-refractivity contribution >= 4 is 16.6 Å². The van der Waals surface area contributed by atoms with Crippen LogP contribution in [-0.4, -0.2) is 0 Å². The van der Waals surface area contributed by atoms with Crippen LogP contribution >= 0.6 is 0 Å². The predicted molar refractivity (Wildman–Crippen MR) is 76.0 cm³/mol. The molecule has 3 nitrogen and oxygen atoms in total. The molecule has 3 aromatic rings. The van der Waals surface area contributed by atoms with Crippen LogP contribution in [0, 0.1) is 13.8 Å². The predicted octanol–water partition coefficient (Wildman–Crippen LogP) is 3.48. The first-order valence-corrected chi connectivity index (χ1v) is 6.42. The van der Waals surface area contributed by atoms with Gasteiger partial charge >= 0.3 is 0 Å². The molecule has 1 aromatic carbocycles. The second kappa shape index (κ2) is 4.76. The van der Waals surface area contributed by atoms with Gasteiger partial charge in [0.2, 0.25) is 5.52 Å². The number of anilines is 1. The minimum atomic E-state index is 0.694. The molecular weight excluding hydrogens is 236 g/mol. The van der Waals surface area contributed by atoms with Crippen molar-refractivity contribution in [1.29, 1.82) is 0 Å². The third kappa shape index (κ3) is 2.45. The Balaban J connectivity index is 1.99. The number of benzene rings is 1. The summed E-state index contributed by atoms with van der Waals surface area (Å²) in [5.41, 5.74) is 4.67. The summed E-state index contributed by atoms with van der Waals surface area (Å²) in [6, 6.07) is 12.4. The number of hydrogen-bond donors (Lipinski definition) is 1. The molecule has 0 aliphatic heterocycles. The van der Waals surface area contributed by atoms with Crippen molar-refractivity contribution in [2.75, 3.05) is 5.32 Å². The lowest BCUT2D eigenvalue weighted by atomic mass is 10.1. The maximum Gasteiger partial charge on any atom is 0.213 e. The molecular formula is C16H17N2O+. The summed E-state index contributed by atoms with van der Waals surface area (Å²) >= 11 is 0. The molecule has 0 aliphatic rings. The fourth-order valence-corrected chi connectivity index (χ4v) is 2.27. The molecule has 96 valence electrons. The van der Waals surface area contributed by atoms with Crippen LogP contribution < -0.4 is 10.3 Å². The minimum absolute atomic E-state index is 0.694. The van der Waals surface area contributed by atoms with E-state index in [0.29, 0.717) is 6.54 Å². The lowest BCUT2D eigenvalue weighted by molar-refractivity contribution is -0.354. The third-order valence-corrected chi connectivity index (χ3v) is 3.19. The van der Waals surface area contributed by atoms with E-state index in [1.54, 1.807) is 6.26 Å². The molecule has 2 heterocycles. The van der Waals surface area contributed by atoms with Crippen molar-refractivity contribution in [3.8, 4) is 0 Å². The van der Waals surface area contributed by atoms with Gasteiger partial charge in [-0.3, -0.25) is 0 Å². The molecule has 0 saturated heterocycles. The van der Waals surface area contributed by atoms with Gasteiger partial charge in [0.15, 0.2) is 5.69 Å². The highest BCUT2D eigenvalue weighted by Crippen LogP contribution is 2.22. The van der Waals surface area contributed by atoms with Crippen molar-refractivity contribution < 1.29 is 9.40 Å². The van der Waals surface area contributed by atoms with E-state index in [1.165, 1.54) is 10.9 Å². The van der Waals surface area contributed by atoms with Crippen LogP contribution in [-0.2, 0) is 6.54 Å². The monoisotopic (exact) mass is 253 g/mol. The lowest BCUT2D eigenvalue weighted by Gasteiger charge is -2.07. The van der Waals surface area contributed by atoms with Gasteiger partial charge in [0.05, 0.1) is 23.9 Å². The Labute approximate surface area is 112 Å². The Bertz CT molecular complexity index is 702. The van der Waals surface area contributed by atoms with Gasteiger partial charge in [-0.15, -0.1) is 0 Å². The maximum absolute atomic E-state index is 5.35. The molecule has 0 spiro atoms. The molecule has 0 aliphatic carbocycles. The van der Waals surface area contributed by atoms with Crippen LogP contribution in [0.2, 0.25) is 0 Å². The number of rotatable bonds is 3. The summed E-state index contributed by atoms with van der Waals surface area (Å²) in [5.74, 6) is 0.936. The molecule has 0 atom stereocenters. The van der Waals surface area contributed by atoms with Gasteiger partial charge in [0.25, 0.3) is 0 Å². The van der Waals surface area contributed by atoms with Crippen LogP contribution in [0.5, 0.6) is 0 Å². The first-order valence-electron chi connectivity index (χ1n) is 6.42. The van der Waals surface area contributed by atoms with E-state index in [9.17, 15) is 0 Å². The number of H-pyrrole nitrogens is 1. The maximum atomic E-state index is 5.35.